The van der Waals surface area contributed by atoms with Gasteiger partial charge in [0.2, 0.25) is 11.8 Å². The first-order valence-electron chi connectivity index (χ1n) is 7.39. The molecule has 8 heteroatoms. The van der Waals surface area contributed by atoms with Gasteiger partial charge in [0.25, 0.3) is 0 Å². The normalized spacial score (nSPS) is 11.6. The van der Waals surface area contributed by atoms with Gasteiger partial charge in [0.1, 0.15) is 6.04 Å². The summed E-state index contributed by atoms with van der Waals surface area (Å²) in [5.41, 5.74) is 6.42. The fourth-order valence-electron chi connectivity index (χ4n) is 1.99. The molecule has 5 nitrogen and oxygen atoms in total. The third-order valence-corrected chi connectivity index (χ3v) is 4.85. The molecule has 0 saturated heterocycles. The number of hydrogen-bond acceptors (Lipinski definition) is 4. The lowest BCUT2D eigenvalue weighted by atomic mass is 10.2. The largest absolute Gasteiger partial charge is 0.373 e. The molecule has 1 atom stereocenters. The van der Waals surface area contributed by atoms with Crippen LogP contribution < -0.4 is 16.4 Å². The summed E-state index contributed by atoms with van der Waals surface area (Å²) in [5.74, 6) is -0.485. The molecule has 0 spiro atoms. The van der Waals surface area contributed by atoms with Crippen LogP contribution in [0.1, 0.15) is 6.92 Å². The van der Waals surface area contributed by atoms with Crippen molar-refractivity contribution < 1.29 is 9.59 Å². The number of thioether (sulfide) groups is 1. The van der Waals surface area contributed by atoms with Crippen LogP contribution in [0.15, 0.2) is 47.4 Å². The number of nitrogens with two attached hydrogens (primary N) is 1. The van der Waals surface area contributed by atoms with Crippen LogP contribution in [0.4, 0.5) is 11.4 Å². The molecule has 0 aliphatic rings. The van der Waals surface area contributed by atoms with Gasteiger partial charge >= 0.3 is 0 Å². The third-order valence-electron chi connectivity index (χ3n) is 3.21. The zero-order valence-corrected chi connectivity index (χ0v) is 15.7. The predicted octanol–water partition coefficient (Wildman–Crippen LogP) is 4.01. The van der Waals surface area contributed by atoms with Crippen LogP contribution in [-0.4, -0.2) is 23.6 Å². The fraction of sp³-hybridized carbons (Fsp3) is 0.176. The average molecular weight is 398 g/mol. The van der Waals surface area contributed by atoms with Crippen LogP contribution in [0, 0.1) is 0 Å². The maximum atomic E-state index is 12.4. The molecule has 25 heavy (non-hydrogen) atoms. The Morgan fingerprint density at radius 1 is 1.16 bits per heavy atom. The molecule has 0 saturated carbocycles. The molecule has 0 aromatic heterocycles. The van der Waals surface area contributed by atoms with Crippen molar-refractivity contribution in [1.29, 1.82) is 0 Å². The monoisotopic (exact) mass is 397 g/mol. The zero-order valence-electron chi connectivity index (χ0n) is 13.4. The van der Waals surface area contributed by atoms with E-state index in [0.717, 1.165) is 10.6 Å². The van der Waals surface area contributed by atoms with Gasteiger partial charge in [-0.3, -0.25) is 9.59 Å². The molecule has 0 aliphatic carbocycles. The molecule has 0 radical (unpaired) electrons. The first kappa shape index (κ1) is 19.4. The van der Waals surface area contributed by atoms with E-state index >= 15 is 0 Å². The van der Waals surface area contributed by atoms with Crippen molar-refractivity contribution in [1.82, 2.24) is 0 Å². The summed E-state index contributed by atoms with van der Waals surface area (Å²) >= 11 is 13.2. The highest BCUT2D eigenvalue weighted by atomic mass is 35.5. The first-order valence-corrected chi connectivity index (χ1v) is 9.13. The minimum atomic E-state index is -0.526. The molecule has 0 unspecified atom stereocenters. The molecule has 0 aliphatic heterocycles. The second kappa shape index (κ2) is 8.99. The fourth-order valence-corrected chi connectivity index (χ4v) is 3.20. The molecular weight excluding hydrogens is 381 g/mol. The van der Waals surface area contributed by atoms with E-state index in [1.54, 1.807) is 25.1 Å². The van der Waals surface area contributed by atoms with Gasteiger partial charge in [-0.25, -0.2) is 0 Å². The highest BCUT2D eigenvalue weighted by molar-refractivity contribution is 8.00. The molecule has 0 fully saturated rings. The summed E-state index contributed by atoms with van der Waals surface area (Å²) in [4.78, 5) is 24.2. The predicted molar refractivity (Wildman–Crippen MR) is 105 cm³/mol. The highest BCUT2D eigenvalue weighted by Gasteiger charge is 2.16. The van der Waals surface area contributed by atoms with Gasteiger partial charge in [-0.1, -0.05) is 35.3 Å². The maximum absolute atomic E-state index is 12.4. The van der Waals surface area contributed by atoms with E-state index in [4.69, 9.17) is 28.9 Å². The Morgan fingerprint density at radius 3 is 2.56 bits per heavy atom. The molecule has 2 aromatic carbocycles. The highest BCUT2D eigenvalue weighted by Crippen LogP contribution is 2.28. The quantitative estimate of drug-likeness (QED) is 0.616. The van der Waals surface area contributed by atoms with E-state index < -0.39 is 11.9 Å². The standard InChI is InChI=1S/C17H17Cl2N3O2S/c1-10(17(24)22-13-7-6-11(18)8-12(13)19)21-14-4-2-3-5-15(14)25-9-16(20)23/h2-8,10,21H,9H2,1H3,(H2,20,23)(H,22,24)/t10-/m1/s1. The van der Waals surface area contributed by atoms with E-state index in [-0.39, 0.29) is 11.7 Å². The number of amides is 2. The van der Waals surface area contributed by atoms with Crippen molar-refractivity contribution in [2.24, 2.45) is 5.73 Å². The van der Waals surface area contributed by atoms with Crippen molar-refractivity contribution in [2.45, 2.75) is 17.9 Å². The Labute approximate surface area is 160 Å². The third kappa shape index (κ3) is 5.85. The van der Waals surface area contributed by atoms with Crippen molar-refractivity contribution in [3.8, 4) is 0 Å². The average Bonchev–Trinajstić information content (AvgIpc) is 2.56. The van der Waals surface area contributed by atoms with E-state index in [2.05, 4.69) is 10.6 Å². The van der Waals surface area contributed by atoms with E-state index in [1.165, 1.54) is 11.8 Å². The number of anilines is 2. The summed E-state index contributed by atoms with van der Waals surface area (Å²) < 4.78 is 0. The molecule has 2 amide bonds. The van der Waals surface area contributed by atoms with Crippen LogP contribution in [0.25, 0.3) is 0 Å². The smallest absolute Gasteiger partial charge is 0.246 e. The van der Waals surface area contributed by atoms with Gasteiger partial charge in [0.05, 0.1) is 16.5 Å². The van der Waals surface area contributed by atoms with Gasteiger partial charge < -0.3 is 16.4 Å². The number of halogens is 2. The number of nitrogens with one attached hydrogen (secondary N) is 2. The Hall–Kier alpha value is -1.89. The summed E-state index contributed by atoms with van der Waals surface area (Å²) in [6.45, 7) is 1.73. The van der Waals surface area contributed by atoms with E-state index in [9.17, 15) is 9.59 Å². The number of primary amides is 1. The lowest BCUT2D eigenvalue weighted by Gasteiger charge is -2.18. The summed E-state index contributed by atoms with van der Waals surface area (Å²) in [6, 6.07) is 11.7. The van der Waals surface area contributed by atoms with Crippen LogP contribution >= 0.6 is 35.0 Å². The Bertz CT molecular complexity index is 786. The minimum absolute atomic E-state index is 0.166. The summed E-state index contributed by atoms with van der Waals surface area (Å²) in [7, 11) is 0. The Kier molecular flexibility index (Phi) is 6.99. The Morgan fingerprint density at radius 2 is 1.88 bits per heavy atom. The van der Waals surface area contributed by atoms with E-state index in [0.29, 0.717) is 15.7 Å². The molecule has 0 bridgehead atoms. The summed E-state index contributed by atoms with van der Waals surface area (Å²) in [6.07, 6.45) is 0. The minimum Gasteiger partial charge on any atom is -0.373 e. The number of hydrogen-bond donors (Lipinski definition) is 3. The van der Waals surface area contributed by atoms with Gasteiger partial charge in [0, 0.05) is 15.6 Å². The van der Waals surface area contributed by atoms with Gasteiger partial charge in [-0.2, -0.15) is 0 Å². The van der Waals surface area contributed by atoms with Gasteiger partial charge in [-0.15, -0.1) is 11.8 Å². The van der Waals surface area contributed by atoms with Crippen LogP contribution in [0.2, 0.25) is 10.0 Å². The van der Waals surface area contributed by atoms with Crippen LogP contribution in [0.3, 0.4) is 0 Å². The second-order valence-corrected chi connectivity index (χ2v) is 7.09. The van der Waals surface area contributed by atoms with Crippen LogP contribution in [-0.2, 0) is 9.59 Å². The molecule has 2 rings (SSSR count). The van der Waals surface area contributed by atoms with Gasteiger partial charge in [-0.05, 0) is 37.3 Å². The lowest BCUT2D eigenvalue weighted by Crippen LogP contribution is -2.32. The molecule has 0 heterocycles. The van der Waals surface area contributed by atoms with Gasteiger partial charge in [0.15, 0.2) is 0 Å². The molecule has 2 aromatic rings. The van der Waals surface area contributed by atoms with Crippen LogP contribution in [0.5, 0.6) is 0 Å². The number of carbonyl (C=O) groups is 2. The number of para-hydroxylation sites is 1. The number of rotatable bonds is 7. The Balaban J connectivity index is 2.04. The van der Waals surface area contributed by atoms with Crippen molar-refractivity contribution in [2.75, 3.05) is 16.4 Å². The molecular formula is C17H17Cl2N3O2S. The lowest BCUT2D eigenvalue weighted by molar-refractivity contribution is -0.117. The van der Waals surface area contributed by atoms with Crippen molar-refractivity contribution in [3.63, 3.8) is 0 Å². The number of benzene rings is 2. The number of carbonyl (C=O) groups excluding carboxylic acids is 2. The molecule has 4 N–H and O–H groups in total. The zero-order chi connectivity index (χ0) is 18.4. The first-order chi connectivity index (χ1) is 11.9. The topological polar surface area (TPSA) is 84.2 Å². The SMILES string of the molecule is C[C@@H](Nc1ccccc1SCC(N)=O)C(=O)Nc1ccc(Cl)cc1Cl. The summed E-state index contributed by atoms with van der Waals surface area (Å²) in [5, 5.41) is 6.75. The van der Waals surface area contributed by atoms with Crippen molar-refractivity contribution >= 4 is 58.2 Å². The second-order valence-electron chi connectivity index (χ2n) is 5.23. The van der Waals surface area contributed by atoms with Crippen molar-refractivity contribution in [3.05, 3.63) is 52.5 Å². The van der Waals surface area contributed by atoms with E-state index in [1.807, 2.05) is 24.3 Å². The molecule has 132 valence electrons. The maximum Gasteiger partial charge on any atom is 0.246 e.